The summed E-state index contributed by atoms with van der Waals surface area (Å²) in [5, 5.41) is 11.6. The minimum absolute atomic E-state index is 0.160. The van der Waals surface area contributed by atoms with Crippen molar-refractivity contribution in [2.24, 2.45) is 16.8 Å². The Balaban J connectivity index is 2.13. The molecule has 5 heteroatoms. The van der Waals surface area contributed by atoms with E-state index in [1.54, 1.807) is 12.1 Å². The van der Waals surface area contributed by atoms with Gasteiger partial charge in [-0.3, -0.25) is 4.90 Å². The fraction of sp³-hybridized carbons (Fsp3) is 0.533. The summed E-state index contributed by atoms with van der Waals surface area (Å²) < 4.78 is 14.3. The Morgan fingerprint density at radius 2 is 2.25 bits per heavy atom. The number of hydrogen-bond acceptors (Lipinski definition) is 3. The number of rotatable bonds is 3. The molecule has 0 spiro atoms. The van der Waals surface area contributed by atoms with Gasteiger partial charge in [-0.1, -0.05) is 24.2 Å². The van der Waals surface area contributed by atoms with Crippen molar-refractivity contribution in [1.29, 1.82) is 0 Å². The maximum absolute atomic E-state index is 14.3. The van der Waals surface area contributed by atoms with Crippen LogP contribution in [-0.2, 0) is 6.54 Å². The van der Waals surface area contributed by atoms with Crippen molar-refractivity contribution in [1.82, 2.24) is 4.90 Å². The van der Waals surface area contributed by atoms with Crippen molar-refractivity contribution in [3.63, 3.8) is 0 Å². The van der Waals surface area contributed by atoms with Gasteiger partial charge in [0.1, 0.15) is 5.82 Å². The van der Waals surface area contributed by atoms with Crippen molar-refractivity contribution in [2.75, 3.05) is 13.1 Å². The standard InChI is InChI=1S/C15H22FN3O/c1-11-4-3-8-19(9-7-11)10-12-5-2-6-13(14(12)16)15(17)18-20/h2,5-6,11,20H,3-4,7-10H2,1H3,(H2,17,18). The first kappa shape index (κ1) is 14.8. The molecule has 4 nitrogen and oxygen atoms in total. The molecule has 1 saturated heterocycles. The van der Waals surface area contributed by atoms with Crippen LogP contribution in [0.4, 0.5) is 4.39 Å². The lowest BCUT2D eigenvalue weighted by Gasteiger charge is -2.20. The lowest BCUT2D eigenvalue weighted by molar-refractivity contribution is 0.269. The molecule has 1 fully saturated rings. The van der Waals surface area contributed by atoms with Gasteiger partial charge in [0.2, 0.25) is 0 Å². The van der Waals surface area contributed by atoms with Crippen LogP contribution >= 0.6 is 0 Å². The molecule has 2 rings (SSSR count). The summed E-state index contributed by atoms with van der Waals surface area (Å²) in [5.41, 5.74) is 6.25. The predicted molar refractivity (Wildman–Crippen MR) is 77.2 cm³/mol. The lowest BCUT2D eigenvalue weighted by Crippen LogP contribution is -2.25. The van der Waals surface area contributed by atoms with E-state index >= 15 is 0 Å². The fourth-order valence-corrected chi connectivity index (χ4v) is 2.68. The first-order valence-corrected chi connectivity index (χ1v) is 7.09. The summed E-state index contributed by atoms with van der Waals surface area (Å²) in [6, 6.07) is 5.03. The molecule has 3 N–H and O–H groups in total. The van der Waals surface area contributed by atoms with Crippen LogP contribution in [0, 0.1) is 11.7 Å². The van der Waals surface area contributed by atoms with Crippen LogP contribution in [0.15, 0.2) is 23.4 Å². The zero-order valence-electron chi connectivity index (χ0n) is 11.8. The zero-order valence-corrected chi connectivity index (χ0v) is 11.8. The first-order valence-electron chi connectivity index (χ1n) is 7.09. The number of nitrogens with zero attached hydrogens (tertiary/aromatic N) is 2. The van der Waals surface area contributed by atoms with Gasteiger partial charge in [0.05, 0.1) is 5.56 Å². The normalized spacial score (nSPS) is 21.7. The molecule has 1 aromatic carbocycles. The van der Waals surface area contributed by atoms with Crippen molar-refractivity contribution in [2.45, 2.75) is 32.7 Å². The van der Waals surface area contributed by atoms with Gasteiger partial charge in [0.15, 0.2) is 5.84 Å². The van der Waals surface area contributed by atoms with Gasteiger partial charge in [-0.15, -0.1) is 0 Å². The van der Waals surface area contributed by atoms with E-state index in [4.69, 9.17) is 10.9 Å². The molecule has 1 heterocycles. The van der Waals surface area contributed by atoms with Gasteiger partial charge in [-0.25, -0.2) is 4.39 Å². The van der Waals surface area contributed by atoms with Crippen molar-refractivity contribution in [3.8, 4) is 0 Å². The maximum atomic E-state index is 14.3. The minimum atomic E-state index is -0.389. The van der Waals surface area contributed by atoms with E-state index in [0.717, 1.165) is 31.8 Å². The van der Waals surface area contributed by atoms with Crippen LogP contribution in [0.2, 0.25) is 0 Å². The highest BCUT2D eigenvalue weighted by Crippen LogP contribution is 2.20. The summed E-state index contributed by atoms with van der Waals surface area (Å²) in [6.45, 7) is 4.83. The Morgan fingerprint density at radius 1 is 1.45 bits per heavy atom. The van der Waals surface area contributed by atoms with Crippen LogP contribution in [0.3, 0.4) is 0 Å². The Bertz CT molecular complexity index is 490. The summed E-state index contributed by atoms with van der Waals surface area (Å²) in [5.74, 6) is 0.169. The molecule has 110 valence electrons. The third kappa shape index (κ3) is 3.48. The quantitative estimate of drug-likeness (QED) is 0.387. The van der Waals surface area contributed by atoms with E-state index in [1.807, 2.05) is 0 Å². The smallest absolute Gasteiger partial charge is 0.173 e. The SMILES string of the molecule is CC1CCCN(Cc2cccc(/C(N)=N/O)c2F)CC1. The third-order valence-electron chi connectivity index (χ3n) is 3.97. The second-order valence-electron chi connectivity index (χ2n) is 5.58. The molecule has 0 radical (unpaired) electrons. The molecule has 1 aliphatic rings. The summed E-state index contributed by atoms with van der Waals surface area (Å²) in [6.07, 6.45) is 3.55. The highest BCUT2D eigenvalue weighted by molar-refractivity contribution is 5.97. The average molecular weight is 279 g/mol. The summed E-state index contributed by atoms with van der Waals surface area (Å²) in [7, 11) is 0. The van der Waals surface area contributed by atoms with Gasteiger partial charge in [-0.05, 0) is 44.3 Å². The molecule has 1 unspecified atom stereocenters. The number of benzene rings is 1. The lowest BCUT2D eigenvalue weighted by atomic mass is 10.0. The molecule has 0 aliphatic carbocycles. The molecule has 0 aromatic heterocycles. The minimum Gasteiger partial charge on any atom is -0.409 e. The largest absolute Gasteiger partial charge is 0.409 e. The monoisotopic (exact) mass is 279 g/mol. The Labute approximate surface area is 119 Å². The van der Waals surface area contributed by atoms with Crippen LogP contribution in [0.25, 0.3) is 0 Å². The molecule has 1 aromatic rings. The van der Waals surface area contributed by atoms with Gasteiger partial charge in [0.25, 0.3) is 0 Å². The van der Waals surface area contributed by atoms with Crippen LogP contribution in [-0.4, -0.2) is 29.0 Å². The van der Waals surface area contributed by atoms with Gasteiger partial charge >= 0.3 is 0 Å². The topological polar surface area (TPSA) is 61.8 Å². The van der Waals surface area contributed by atoms with Gasteiger partial charge in [-0.2, -0.15) is 0 Å². The molecule has 20 heavy (non-hydrogen) atoms. The van der Waals surface area contributed by atoms with E-state index in [2.05, 4.69) is 17.0 Å². The molecule has 0 saturated carbocycles. The second-order valence-corrected chi connectivity index (χ2v) is 5.58. The molecule has 0 bridgehead atoms. The van der Waals surface area contributed by atoms with E-state index in [1.165, 1.54) is 12.5 Å². The van der Waals surface area contributed by atoms with E-state index in [-0.39, 0.29) is 17.2 Å². The summed E-state index contributed by atoms with van der Waals surface area (Å²) in [4.78, 5) is 2.28. The number of halogens is 1. The number of nitrogens with two attached hydrogens (primary N) is 1. The van der Waals surface area contributed by atoms with Crippen molar-refractivity contribution < 1.29 is 9.60 Å². The first-order chi connectivity index (χ1) is 9.61. The highest BCUT2D eigenvalue weighted by atomic mass is 19.1. The van der Waals surface area contributed by atoms with E-state index in [0.29, 0.717) is 12.1 Å². The van der Waals surface area contributed by atoms with Crippen molar-refractivity contribution >= 4 is 5.84 Å². The Kier molecular flexibility index (Phi) is 4.95. The number of likely N-dealkylation sites (tertiary alicyclic amines) is 1. The summed E-state index contributed by atoms with van der Waals surface area (Å²) >= 11 is 0. The third-order valence-corrected chi connectivity index (χ3v) is 3.97. The van der Waals surface area contributed by atoms with E-state index in [9.17, 15) is 4.39 Å². The van der Waals surface area contributed by atoms with Crippen LogP contribution in [0.5, 0.6) is 0 Å². The maximum Gasteiger partial charge on any atom is 0.173 e. The molecule has 1 aliphatic heterocycles. The molecule has 1 atom stereocenters. The zero-order chi connectivity index (χ0) is 14.5. The van der Waals surface area contributed by atoms with Gasteiger partial charge in [0, 0.05) is 12.1 Å². The Hall–Kier alpha value is -1.62. The predicted octanol–water partition coefficient (Wildman–Crippen LogP) is 2.54. The number of oxime groups is 1. The van der Waals surface area contributed by atoms with Crippen LogP contribution < -0.4 is 5.73 Å². The number of amidine groups is 1. The Morgan fingerprint density at radius 3 is 3.00 bits per heavy atom. The van der Waals surface area contributed by atoms with Gasteiger partial charge < -0.3 is 10.9 Å². The van der Waals surface area contributed by atoms with E-state index < -0.39 is 0 Å². The number of hydrogen-bond donors (Lipinski definition) is 2. The second kappa shape index (κ2) is 6.70. The fourth-order valence-electron chi connectivity index (χ4n) is 2.68. The van der Waals surface area contributed by atoms with Crippen LogP contribution in [0.1, 0.15) is 37.3 Å². The molecule has 0 amide bonds. The molecular formula is C15H22FN3O. The molecular weight excluding hydrogens is 257 g/mol. The highest BCUT2D eigenvalue weighted by Gasteiger charge is 2.17. The van der Waals surface area contributed by atoms with Crippen molar-refractivity contribution in [3.05, 3.63) is 35.1 Å². The average Bonchev–Trinajstić information content (AvgIpc) is 2.65.